The highest BCUT2D eigenvalue weighted by Gasteiger charge is 2.10. The predicted molar refractivity (Wildman–Crippen MR) is 116 cm³/mol. The van der Waals surface area contributed by atoms with Crippen molar-refractivity contribution < 1.29 is 24.1 Å². The van der Waals surface area contributed by atoms with E-state index >= 15 is 0 Å². The summed E-state index contributed by atoms with van der Waals surface area (Å²) in [5, 5.41) is 10.2. The van der Waals surface area contributed by atoms with Crippen LogP contribution in [-0.4, -0.2) is 31.0 Å². The van der Waals surface area contributed by atoms with Crippen molar-refractivity contribution in [1.82, 2.24) is 0 Å². The second-order valence-electron chi connectivity index (χ2n) is 6.44. The van der Waals surface area contributed by atoms with Crippen molar-refractivity contribution in [3.8, 4) is 23.0 Å². The molecule has 3 rings (SSSR count). The van der Waals surface area contributed by atoms with Crippen LogP contribution in [0.15, 0.2) is 71.7 Å². The fourth-order valence-electron chi connectivity index (χ4n) is 2.58. The van der Waals surface area contributed by atoms with Crippen LogP contribution in [0.3, 0.4) is 0 Å². The molecule has 0 bridgehead atoms. The van der Waals surface area contributed by atoms with Gasteiger partial charge in [-0.1, -0.05) is 6.92 Å². The number of nitrogens with zero attached hydrogens (tertiary/aromatic N) is 1. The van der Waals surface area contributed by atoms with Crippen LogP contribution in [0.2, 0.25) is 0 Å². The Kier molecular flexibility index (Phi) is 7.05. The van der Waals surface area contributed by atoms with E-state index in [4.69, 9.17) is 14.2 Å². The molecule has 6 heteroatoms. The SMILES string of the molecule is CCCOc1ccc(C(=O)Oc2ccc(C=Nc3ccc(OC)cc3)c(O)c2)cc1. The molecule has 0 aliphatic carbocycles. The zero-order valence-corrected chi connectivity index (χ0v) is 16.9. The van der Waals surface area contributed by atoms with E-state index in [1.54, 1.807) is 67.8 Å². The fraction of sp³-hybridized carbons (Fsp3) is 0.167. The largest absolute Gasteiger partial charge is 0.507 e. The molecule has 0 unspecified atom stereocenters. The molecular formula is C24H23NO5. The molecule has 0 aliphatic heterocycles. The molecule has 0 heterocycles. The average molecular weight is 405 g/mol. The summed E-state index contributed by atoms with van der Waals surface area (Å²) in [6, 6.07) is 18.6. The van der Waals surface area contributed by atoms with Gasteiger partial charge >= 0.3 is 5.97 Å². The van der Waals surface area contributed by atoms with Gasteiger partial charge in [0.1, 0.15) is 23.0 Å². The number of aromatic hydroxyl groups is 1. The van der Waals surface area contributed by atoms with Crippen LogP contribution in [0.4, 0.5) is 5.69 Å². The minimum absolute atomic E-state index is 0.0409. The smallest absolute Gasteiger partial charge is 0.343 e. The first-order valence-corrected chi connectivity index (χ1v) is 9.55. The van der Waals surface area contributed by atoms with Gasteiger partial charge in [-0.25, -0.2) is 4.79 Å². The average Bonchev–Trinajstić information content (AvgIpc) is 2.78. The van der Waals surface area contributed by atoms with Gasteiger partial charge in [0.05, 0.1) is 25.0 Å². The minimum Gasteiger partial charge on any atom is -0.507 e. The van der Waals surface area contributed by atoms with Gasteiger partial charge in [-0.15, -0.1) is 0 Å². The Hall–Kier alpha value is -3.80. The van der Waals surface area contributed by atoms with Gasteiger partial charge in [0.25, 0.3) is 0 Å². The first-order valence-electron chi connectivity index (χ1n) is 9.55. The number of carbonyl (C=O) groups excluding carboxylic acids is 1. The lowest BCUT2D eigenvalue weighted by molar-refractivity contribution is 0.0734. The van der Waals surface area contributed by atoms with E-state index in [0.717, 1.165) is 17.9 Å². The lowest BCUT2D eigenvalue weighted by Crippen LogP contribution is -2.08. The molecule has 0 aliphatic rings. The number of aliphatic imine (C=N–C) groups is 1. The van der Waals surface area contributed by atoms with Gasteiger partial charge in [0.2, 0.25) is 0 Å². The Bertz CT molecular complexity index is 1010. The number of hydrogen-bond acceptors (Lipinski definition) is 6. The molecule has 0 saturated heterocycles. The van der Waals surface area contributed by atoms with E-state index in [0.29, 0.717) is 23.5 Å². The van der Waals surface area contributed by atoms with Gasteiger partial charge in [-0.2, -0.15) is 0 Å². The van der Waals surface area contributed by atoms with Crippen molar-refractivity contribution in [3.05, 3.63) is 77.9 Å². The Balaban J connectivity index is 1.64. The topological polar surface area (TPSA) is 77.4 Å². The molecule has 1 N–H and O–H groups in total. The molecular weight excluding hydrogens is 382 g/mol. The van der Waals surface area contributed by atoms with E-state index in [2.05, 4.69) is 4.99 Å². The van der Waals surface area contributed by atoms with Crippen molar-refractivity contribution in [3.63, 3.8) is 0 Å². The maximum absolute atomic E-state index is 12.3. The molecule has 0 radical (unpaired) electrons. The molecule has 0 saturated carbocycles. The van der Waals surface area contributed by atoms with Gasteiger partial charge in [0, 0.05) is 17.8 Å². The first-order chi connectivity index (χ1) is 14.6. The van der Waals surface area contributed by atoms with Crippen LogP contribution >= 0.6 is 0 Å². The molecule has 30 heavy (non-hydrogen) atoms. The maximum Gasteiger partial charge on any atom is 0.343 e. The van der Waals surface area contributed by atoms with Crippen molar-refractivity contribution in [2.75, 3.05) is 13.7 Å². The predicted octanol–water partition coefficient (Wildman–Crippen LogP) is 5.16. The molecule has 0 atom stereocenters. The van der Waals surface area contributed by atoms with E-state index in [1.165, 1.54) is 12.3 Å². The number of rotatable bonds is 8. The molecule has 3 aromatic rings. The van der Waals surface area contributed by atoms with Crippen molar-refractivity contribution in [2.45, 2.75) is 13.3 Å². The quantitative estimate of drug-likeness (QED) is 0.318. The van der Waals surface area contributed by atoms with Crippen LogP contribution in [0.1, 0.15) is 29.3 Å². The Morgan fingerprint density at radius 2 is 1.63 bits per heavy atom. The number of phenolic OH excluding ortho intramolecular Hbond substituents is 1. The monoisotopic (exact) mass is 405 g/mol. The van der Waals surface area contributed by atoms with Crippen LogP contribution in [0.25, 0.3) is 0 Å². The molecule has 0 amide bonds. The zero-order chi connectivity index (χ0) is 21.3. The molecule has 6 nitrogen and oxygen atoms in total. The second-order valence-corrected chi connectivity index (χ2v) is 6.44. The Morgan fingerprint density at radius 3 is 2.27 bits per heavy atom. The first kappa shape index (κ1) is 20.9. The fourth-order valence-corrected chi connectivity index (χ4v) is 2.58. The number of hydrogen-bond donors (Lipinski definition) is 1. The normalized spacial score (nSPS) is 10.7. The van der Waals surface area contributed by atoms with Crippen LogP contribution in [0, 0.1) is 0 Å². The van der Waals surface area contributed by atoms with Crippen LogP contribution in [0.5, 0.6) is 23.0 Å². The van der Waals surface area contributed by atoms with Crippen molar-refractivity contribution in [2.24, 2.45) is 4.99 Å². The highest BCUT2D eigenvalue weighted by atomic mass is 16.5. The molecule has 0 fully saturated rings. The molecule has 0 spiro atoms. The lowest BCUT2D eigenvalue weighted by atomic mass is 10.2. The summed E-state index contributed by atoms with van der Waals surface area (Å²) in [6.45, 7) is 2.65. The summed E-state index contributed by atoms with van der Waals surface area (Å²) >= 11 is 0. The highest BCUT2D eigenvalue weighted by molar-refractivity contribution is 5.91. The zero-order valence-electron chi connectivity index (χ0n) is 16.9. The summed E-state index contributed by atoms with van der Waals surface area (Å²) in [7, 11) is 1.60. The summed E-state index contributed by atoms with van der Waals surface area (Å²) < 4.78 is 16.0. The number of esters is 1. The van der Waals surface area contributed by atoms with E-state index in [-0.39, 0.29) is 11.5 Å². The van der Waals surface area contributed by atoms with E-state index in [9.17, 15) is 9.90 Å². The minimum atomic E-state index is -0.518. The second kappa shape index (κ2) is 10.1. The van der Waals surface area contributed by atoms with E-state index in [1.807, 2.05) is 6.92 Å². The Labute approximate surface area is 175 Å². The molecule has 3 aromatic carbocycles. The van der Waals surface area contributed by atoms with Crippen LogP contribution < -0.4 is 14.2 Å². The summed E-state index contributed by atoms with van der Waals surface area (Å²) in [5.41, 5.74) is 1.61. The van der Waals surface area contributed by atoms with Gasteiger partial charge in [-0.05, 0) is 67.1 Å². The maximum atomic E-state index is 12.3. The number of methoxy groups -OCH3 is 1. The highest BCUT2D eigenvalue weighted by Crippen LogP contribution is 2.25. The van der Waals surface area contributed by atoms with Gasteiger partial charge in [0.15, 0.2) is 0 Å². The summed E-state index contributed by atoms with van der Waals surface area (Å²) in [6.07, 6.45) is 2.45. The van der Waals surface area contributed by atoms with Gasteiger partial charge in [-0.3, -0.25) is 4.99 Å². The van der Waals surface area contributed by atoms with Crippen LogP contribution in [-0.2, 0) is 0 Å². The number of ether oxygens (including phenoxy) is 3. The molecule has 0 aromatic heterocycles. The number of benzene rings is 3. The lowest BCUT2D eigenvalue weighted by Gasteiger charge is -2.08. The summed E-state index contributed by atoms with van der Waals surface area (Å²) in [4.78, 5) is 16.6. The van der Waals surface area contributed by atoms with E-state index < -0.39 is 5.97 Å². The standard InChI is InChI=1S/C24H23NO5/c1-3-14-29-21-9-4-17(5-10-21)24(27)30-22-11-6-18(23(26)15-22)16-25-19-7-12-20(28-2)13-8-19/h4-13,15-16,26H,3,14H2,1-2H3. The third kappa shape index (κ3) is 5.61. The Morgan fingerprint density at radius 1 is 0.967 bits per heavy atom. The third-order valence-corrected chi connectivity index (χ3v) is 4.20. The number of carbonyl (C=O) groups is 1. The summed E-state index contributed by atoms with van der Waals surface area (Å²) in [5.74, 6) is 1.13. The van der Waals surface area contributed by atoms with Crippen molar-refractivity contribution in [1.29, 1.82) is 0 Å². The third-order valence-electron chi connectivity index (χ3n) is 4.20. The van der Waals surface area contributed by atoms with Crippen molar-refractivity contribution >= 4 is 17.9 Å². The molecule has 154 valence electrons. The van der Waals surface area contributed by atoms with Gasteiger partial charge < -0.3 is 19.3 Å². The number of phenols is 1.